The van der Waals surface area contributed by atoms with E-state index in [0.717, 1.165) is 16.1 Å². The first kappa shape index (κ1) is 15.8. The maximum Gasteiger partial charge on any atom is 0.345 e. The third-order valence-electron chi connectivity index (χ3n) is 3.02. The molecule has 0 spiro atoms. The molecule has 22 heavy (non-hydrogen) atoms. The molecule has 0 radical (unpaired) electrons. The summed E-state index contributed by atoms with van der Waals surface area (Å²) in [6.45, 7) is 12.0. The Morgan fingerprint density at radius 3 is 2.73 bits per heavy atom. The van der Waals surface area contributed by atoms with Crippen molar-refractivity contribution in [3.8, 4) is 10.4 Å². The largest absolute Gasteiger partial charge is 0.477 e. The molecule has 0 aliphatic rings. The van der Waals surface area contributed by atoms with Crippen molar-refractivity contribution in [3.63, 3.8) is 0 Å². The highest BCUT2D eigenvalue weighted by Gasteiger charge is 2.10. The zero-order chi connectivity index (χ0) is 16.1. The summed E-state index contributed by atoms with van der Waals surface area (Å²) in [5, 5.41) is 12.2. The maximum atomic E-state index is 10.9. The maximum absolute atomic E-state index is 10.9. The molecule has 112 valence electrons. The van der Waals surface area contributed by atoms with Gasteiger partial charge in [-0.25, -0.2) is 9.64 Å². The Hall–Kier alpha value is -2.58. The minimum Gasteiger partial charge on any atom is -0.477 e. The second-order valence-corrected chi connectivity index (χ2v) is 6.06. The van der Waals surface area contributed by atoms with E-state index in [0.29, 0.717) is 17.1 Å². The van der Waals surface area contributed by atoms with Crippen molar-refractivity contribution in [2.24, 2.45) is 0 Å². The van der Waals surface area contributed by atoms with E-state index < -0.39 is 5.97 Å². The van der Waals surface area contributed by atoms with Gasteiger partial charge in [-0.15, -0.1) is 11.3 Å². The molecule has 0 atom stereocenters. The topological polar surface area (TPSA) is 53.7 Å². The molecular weight excluding hydrogens is 296 g/mol. The molecule has 0 bridgehead atoms. The molecule has 0 fully saturated rings. The number of hydrogen-bond donors (Lipinski definition) is 2. The van der Waals surface area contributed by atoms with Crippen LogP contribution < -0.4 is 5.32 Å². The molecule has 0 amide bonds. The smallest absolute Gasteiger partial charge is 0.345 e. The number of anilines is 1. The number of nitrogens with zero attached hydrogens (tertiary/aromatic N) is 1. The molecule has 2 rings (SSSR count). The molecule has 0 saturated carbocycles. The summed E-state index contributed by atoms with van der Waals surface area (Å²) in [6, 6.07) is 8.91. The van der Waals surface area contributed by atoms with Crippen LogP contribution in [0.5, 0.6) is 0 Å². The average Bonchev–Trinajstić information content (AvgIpc) is 2.97. The monoisotopic (exact) mass is 312 g/mol. The standard InChI is InChI=1S/C17H16N2O2S/c1-11(2)8-9-19-13-5-4-12(10-14(13)18-3)15-6-7-16(22-15)17(20)21/h4-8,10,19H,9H2,1-2H3,(H,20,21). The Morgan fingerprint density at radius 2 is 2.14 bits per heavy atom. The van der Waals surface area contributed by atoms with Gasteiger partial charge in [-0.3, -0.25) is 0 Å². The van der Waals surface area contributed by atoms with Crippen LogP contribution in [0, 0.1) is 6.57 Å². The van der Waals surface area contributed by atoms with Crippen LogP contribution in [0.1, 0.15) is 23.5 Å². The van der Waals surface area contributed by atoms with E-state index >= 15 is 0 Å². The summed E-state index contributed by atoms with van der Waals surface area (Å²) in [5.41, 5.74) is 3.39. The van der Waals surface area contributed by atoms with Gasteiger partial charge in [0.1, 0.15) is 4.88 Å². The first-order valence-electron chi connectivity index (χ1n) is 6.73. The van der Waals surface area contributed by atoms with Gasteiger partial charge in [0.05, 0.1) is 6.57 Å². The lowest BCUT2D eigenvalue weighted by Crippen LogP contribution is -1.98. The normalized spacial score (nSPS) is 9.86. The Balaban J connectivity index is 2.26. The van der Waals surface area contributed by atoms with Crippen molar-refractivity contribution < 1.29 is 9.90 Å². The van der Waals surface area contributed by atoms with Gasteiger partial charge in [-0.2, -0.15) is 0 Å². The van der Waals surface area contributed by atoms with Crippen LogP contribution in [-0.4, -0.2) is 17.6 Å². The van der Waals surface area contributed by atoms with Gasteiger partial charge in [-0.05, 0) is 43.7 Å². The second kappa shape index (κ2) is 6.92. The number of hydrogen-bond acceptors (Lipinski definition) is 3. The molecule has 4 nitrogen and oxygen atoms in total. The number of carboxylic acid groups (broad SMARTS) is 1. The number of allylic oxidation sites excluding steroid dienone is 1. The minimum atomic E-state index is -0.929. The van der Waals surface area contributed by atoms with E-state index in [1.807, 2.05) is 26.0 Å². The molecule has 5 heteroatoms. The molecule has 2 aromatic rings. The van der Waals surface area contributed by atoms with E-state index in [9.17, 15) is 4.79 Å². The molecule has 2 N–H and O–H groups in total. The summed E-state index contributed by atoms with van der Waals surface area (Å²) in [7, 11) is 0. The first-order chi connectivity index (χ1) is 10.5. The molecule has 0 saturated heterocycles. The highest BCUT2D eigenvalue weighted by Crippen LogP contribution is 2.34. The van der Waals surface area contributed by atoms with Crippen LogP contribution >= 0.6 is 11.3 Å². The van der Waals surface area contributed by atoms with Crippen LogP contribution in [0.2, 0.25) is 0 Å². The molecule has 1 aromatic heterocycles. The summed E-state index contributed by atoms with van der Waals surface area (Å²) in [6.07, 6.45) is 2.06. The van der Waals surface area contributed by atoms with Crippen molar-refractivity contribution in [3.05, 3.63) is 58.3 Å². The van der Waals surface area contributed by atoms with Crippen molar-refractivity contribution in [2.45, 2.75) is 13.8 Å². The Morgan fingerprint density at radius 1 is 1.36 bits per heavy atom. The van der Waals surface area contributed by atoms with Crippen LogP contribution in [0.3, 0.4) is 0 Å². The quantitative estimate of drug-likeness (QED) is 0.600. The number of carboxylic acids is 1. The van der Waals surface area contributed by atoms with E-state index in [1.54, 1.807) is 18.2 Å². The fourth-order valence-electron chi connectivity index (χ4n) is 1.90. The minimum absolute atomic E-state index is 0.296. The molecule has 1 aromatic carbocycles. The first-order valence-corrected chi connectivity index (χ1v) is 7.55. The lowest BCUT2D eigenvalue weighted by molar-refractivity contribution is 0.0702. The number of benzene rings is 1. The van der Waals surface area contributed by atoms with E-state index in [2.05, 4.69) is 16.2 Å². The number of aromatic carboxylic acids is 1. The van der Waals surface area contributed by atoms with Gasteiger partial charge in [0, 0.05) is 17.1 Å². The second-order valence-electron chi connectivity index (χ2n) is 4.98. The van der Waals surface area contributed by atoms with E-state index in [-0.39, 0.29) is 0 Å². The Bertz CT molecular complexity index is 765. The van der Waals surface area contributed by atoms with Crippen LogP contribution in [0.4, 0.5) is 11.4 Å². The van der Waals surface area contributed by atoms with Crippen molar-refractivity contribution >= 4 is 28.7 Å². The molecular formula is C17H16N2O2S. The van der Waals surface area contributed by atoms with Crippen molar-refractivity contribution in [1.29, 1.82) is 0 Å². The number of rotatable bonds is 5. The third-order valence-corrected chi connectivity index (χ3v) is 4.14. The van der Waals surface area contributed by atoms with Crippen LogP contribution in [-0.2, 0) is 0 Å². The van der Waals surface area contributed by atoms with Gasteiger partial charge < -0.3 is 10.4 Å². The zero-order valence-corrected chi connectivity index (χ0v) is 13.2. The van der Waals surface area contributed by atoms with Crippen LogP contribution in [0.25, 0.3) is 15.3 Å². The lowest BCUT2D eigenvalue weighted by Gasteiger charge is -2.08. The number of nitrogens with one attached hydrogen (secondary N) is 1. The molecule has 0 unspecified atom stereocenters. The highest BCUT2D eigenvalue weighted by molar-refractivity contribution is 7.17. The predicted octanol–water partition coefficient (Wildman–Crippen LogP) is 5.04. The molecule has 0 aliphatic heterocycles. The Kier molecular flexibility index (Phi) is 4.97. The average molecular weight is 312 g/mol. The van der Waals surface area contributed by atoms with Gasteiger partial charge in [0.2, 0.25) is 5.69 Å². The number of carbonyl (C=O) groups is 1. The number of thiophene rings is 1. The lowest BCUT2D eigenvalue weighted by atomic mass is 10.1. The fraction of sp³-hybridized carbons (Fsp3) is 0.176. The Labute approximate surface area is 133 Å². The van der Waals surface area contributed by atoms with E-state index in [4.69, 9.17) is 11.7 Å². The van der Waals surface area contributed by atoms with Crippen molar-refractivity contribution in [1.82, 2.24) is 0 Å². The van der Waals surface area contributed by atoms with Crippen molar-refractivity contribution in [2.75, 3.05) is 11.9 Å². The summed E-state index contributed by atoms with van der Waals surface area (Å²) in [4.78, 5) is 15.6. The SMILES string of the molecule is [C-]#[N+]c1cc(-c2ccc(C(=O)O)s2)ccc1NCC=C(C)C. The zero-order valence-electron chi connectivity index (χ0n) is 12.4. The fourth-order valence-corrected chi connectivity index (χ4v) is 2.74. The highest BCUT2D eigenvalue weighted by atomic mass is 32.1. The van der Waals surface area contributed by atoms with Gasteiger partial charge in [0.15, 0.2) is 0 Å². The van der Waals surface area contributed by atoms with Gasteiger partial charge in [0.25, 0.3) is 0 Å². The van der Waals surface area contributed by atoms with Gasteiger partial charge in [-0.1, -0.05) is 17.7 Å². The summed E-state index contributed by atoms with van der Waals surface area (Å²) < 4.78 is 0. The predicted molar refractivity (Wildman–Crippen MR) is 90.9 cm³/mol. The summed E-state index contributed by atoms with van der Waals surface area (Å²) >= 11 is 1.21. The summed E-state index contributed by atoms with van der Waals surface area (Å²) in [5.74, 6) is -0.929. The molecule has 0 aliphatic carbocycles. The molecule has 1 heterocycles. The van der Waals surface area contributed by atoms with Crippen LogP contribution in [0.15, 0.2) is 42.0 Å². The van der Waals surface area contributed by atoms with Gasteiger partial charge >= 0.3 is 5.97 Å². The third kappa shape index (κ3) is 3.74. The van der Waals surface area contributed by atoms with E-state index in [1.165, 1.54) is 16.9 Å².